The van der Waals surface area contributed by atoms with Gasteiger partial charge < -0.3 is 19.3 Å². The summed E-state index contributed by atoms with van der Waals surface area (Å²) in [4.78, 5) is 0. The van der Waals surface area contributed by atoms with Gasteiger partial charge in [-0.05, 0) is 6.92 Å². The minimum Gasteiger partial charge on any atom is -0.391 e. The highest BCUT2D eigenvalue weighted by Gasteiger charge is 2.19. The minimum absolute atomic E-state index is 0.236. The van der Waals surface area contributed by atoms with Gasteiger partial charge in [0.25, 0.3) is 0 Å². The average Bonchev–Trinajstić information content (AvgIpc) is 2.53. The van der Waals surface area contributed by atoms with Gasteiger partial charge >= 0.3 is 0 Å². The van der Waals surface area contributed by atoms with Crippen LogP contribution in [-0.2, 0) is 14.2 Å². The molecule has 1 unspecified atom stereocenters. The van der Waals surface area contributed by atoms with E-state index in [4.69, 9.17) is 14.2 Å². The van der Waals surface area contributed by atoms with Crippen molar-refractivity contribution in [2.24, 2.45) is 0 Å². The van der Waals surface area contributed by atoms with Gasteiger partial charge in [0.2, 0.25) is 0 Å². The lowest BCUT2D eigenvalue weighted by Crippen LogP contribution is -2.22. The number of aliphatic hydroxyl groups excluding tert-OH is 1. The molecule has 0 saturated carbocycles. The van der Waals surface area contributed by atoms with E-state index in [1.54, 1.807) is 0 Å². The van der Waals surface area contributed by atoms with Crippen LogP contribution in [-0.4, -0.2) is 43.9 Å². The second-order valence-corrected chi connectivity index (χ2v) is 2.72. The highest BCUT2D eigenvalue weighted by atomic mass is 16.7. The van der Waals surface area contributed by atoms with E-state index in [0.29, 0.717) is 32.8 Å². The number of ether oxygens (including phenoxy) is 3. The van der Waals surface area contributed by atoms with E-state index in [1.807, 2.05) is 6.92 Å². The van der Waals surface area contributed by atoms with E-state index in [0.717, 1.165) is 0 Å². The van der Waals surface area contributed by atoms with Gasteiger partial charge in [-0.25, -0.2) is 0 Å². The molecular weight excluding hydrogens is 160 g/mol. The quantitative estimate of drug-likeness (QED) is 0.647. The molecular formula is C8H16O4. The molecule has 0 amide bonds. The molecule has 0 bridgehead atoms. The maximum Gasteiger partial charge on any atom is 0.160 e. The molecule has 4 heteroatoms. The van der Waals surface area contributed by atoms with Crippen molar-refractivity contribution in [2.75, 3.05) is 26.4 Å². The third kappa shape index (κ3) is 3.49. The van der Waals surface area contributed by atoms with Crippen LogP contribution in [0.15, 0.2) is 0 Å². The Kier molecular flexibility index (Phi) is 4.53. The van der Waals surface area contributed by atoms with E-state index < -0.39 is 6.10 Å². The lowest BCUT2D eigenvalue weighted by atomic mass is 10.2. The van der Waals surface area contributed by atoms with Crippen LogP contribution in [0.25, 0.3) is 0 Å². The Morgan fingerprint density at radius 1 is 1.50 bits per heavy atom. The Labute approximate surface area is 72.4 Å². The molecule has 72 valence electrons. The Morgan fingerprint density at radius 2 is 2.17 bits per heavy atom. The standard InChI is InChI=1S/C8H16O4/c1-2-10-6-7(9)5-8-11-3-4-12-8/h7-9H,2-6H2,1H3. The molecule has 1 saturated heterocycles. The Morgan fingerprint density at radius 3 is 2.75 bits per heavy atom. The molecule has 1 aliphatic rings. The maximum absolute atomic E-state index is 9.36. The fourth-order valence-corrected chi connectivity index (χ4v) is 1.09. The van der Waals surface area contributed by atoms with E-state index in [1.165, 1.54) is 0 Å². The number of aliphatic hydroxyl groups is 1. The molecule has 1 N–H and O–H groups in total. The molecule has 1 atom stereocenters. The smallest absolute Gasteiger partial charge is 0.160 e. The van der Waals surface area contributed by atoms with Crippen molar-refractivity contribution in [1.29, 1.82) is 0 Å². The molecule has 0 aromatic heterocycles. The minimum atomic E-state index is -0.479. The molecule has 0 aromatic carbocycles. The van der Waals surface area contributed by atoms with Gasteiger partial charge in [-0.2, -0.15) is 0 Å². The predicted molar refractivity (Wildman–Crippen MR) is 42.8 cm³/mol. The van der Waals surface area contributed by atoms with Crippen LogP contribution in [0, 0.1) is 0 Å². The molecule has 1 aliphatic heterocycles. The molecule has 1 fully saturated rings. The van der Waals surface area contributed by atoms with Crippen molar-refractivity contribution in [3.63, 3.8) is 0 Å². The van der Waals surface area contributed by atoms with Gasteiger partial charge in [0.1, 0.15) is 0 Å². The molecule has 0 aliphatic carbocycles. The first-order valence-electron chi connectivity index (χ1n) is 4.32. The molecule has 4 nitrogen and oxygen atoms in total. The highest BCUT2D eigenvalue weighted by molar-refractivity contribution is 4.60. The lowest BCUT2D eigenvalue weighted by molar-refractivity contribution is -0.0821. The van der Waals surface area contributed by atoms with Crippen molar-refractivity contribution < 1.29 is 19.3 Å². The summed E-state index contributed by atoms with van der Waals surface area (Å²) in [6, 6.07) is 0. The van der Waals surface area contributed by atoms with Crippen molar-refractivity contribution in [3.05, 3.63) is 0 Å². The average molecular weight is 176 g/mol. The Bertz CT molecular complexity index is 112. The molecule has 1 rings (SSSR count). The number of hydrogen-bond donors (Lipinski definition) is 1. The van der Waals surface area contributed by atoms with Gasteiger partial charge in [-0.15, -0.1) is 0 Å². The van der Waals surface area contributed by atoms with Crippen LogP contribution in [0.5, 0.6) is 0 Å². The SMILES string of the molecule is CCOCC(O)CC1OCCO1. The number of hydrogen-bond acceptors (Lipinski definition) is 4. The van der Waals surface area contributed by atoms with E-state index in [-0.39, 0.29) is 6.29 Å². The molecule has 12 heavy (non-hydrogen) atoms. The Balaban J connectivity index is 2.03. The first-order chi connectivity index (χ1) is 5.83. The summed E-state index contributed by atoms with van der Waals surface area (Å²) in [7, 11) is 0. The summed E-state index contributed by atoms with van der Waals surface area (Å²) >= 11 is 0. The maximum atomic E-state index is 9.36. The zero-order valence-electron chi connectivity index (χ0n) is 7.36. The first kappa shape index (κ1) is 9.92. The second kappa shape index (κ2) is 5.48. The van der Waals surface area contributed by atoms with Crippen LogP contribution in [0.3, 0.4) is 0 Å². The highest BCUT2D eigenvalue weighted by Crippen LogP contribution is 2.10. The zero-order chi connectivity index (χ0) is 8.81. The fourth-order valence-electron chi connectivity index (χ4n) is 1.09. The van der Waals surface area contributed by atoms with Gasteiger partial charge in [0, 0.05) is 13.0 Å². The van der Waals surface area contributed by atoms with Crippen LogP contribution >= 0.6 is 0 Å². The summed E-state index contributed by atoms with van der Waals surface area (Å²) in [5, 5.41) is 9.36. The molecule has 1 heterocycles. The summed E-state index contributed by atoms with van der Waals surface area (Å²) in [5.41, 5.74) is 0. The third-order valence-electron chi connectivity index (χ3n) is 1.67. The summed E-state index contributed by atoms with van der Waals surface area (Å²) < 4.78 is 15.4. The van der Waals surface area contributed by atoms with Crippen LogP contribution in [0.1, 0.15) is 13.3 Å². The van der Waals surface area contributed by atoms with Gasteiger partial charge in [-0.1, -0.05) is 0 Å². The number of rotatable bonds is 5. The second-order valence-electron chi connectivity index (χ2n) is 2.72. The van der Waals surface area contributed by atoms with Gasteiger partial charge in [0.15, 0.2) is 6.29 Å². The molecule has 0 radical (unpaired) electrons. The van der Waals surface area contributed by atoms with E-state index in [2.05, 4.69) is 0 Å². The van der Waals surface area contributed by atoms with Gasteiger partial charge in [0.05, 0.1) is 25.9 Å². The fraction of sp³-hybridized carbons (Fsp3) is 1.00. The van der Waals surface area contributed by atoms with Crippen LogP contribution in [0.2, 0.25) is 0 Å². The summed E-state index contributed by atoms with van der Waals surface area (Å²) in [6.45, 7) is 4.15. The monoisotopic (exact) mass is 176 g/mol. The van der Waals surface area contributed by atoms with E-state index in [9.17, 15) is 5.11 Å². The topological polar surface area (TPSA) is 47.9 Å². The van der Waals surface area contributed by atoms with Crippen molar-refractivity contribution >= 4 is 0 Å². The van der Waals surface area contributed by atoms with Gasteiger partial charge in [-0.3, -0.25) is 0 Å². The molecule has 0 spiro atoms. The van der Waals surface area contributed by atoms with Crippen molar-refractivity contribution in [3.8, 4) is 0 Å². The zero-order valence-corrected chi connectivity index (χ0v) is 7.36. The normalized spacial score (nSPS) is 21.5. The summed E-state index contributed by atoms with van der Waals surface area (Å²) in [5.74, 6) is 0. The largest absolute Gasteiger partial charge is 0.391 e. The Hall–Kier alpha value is -0.160. The van der Waals surface area contributed by atoms with Crippen LogP contribution in [0.4, 0.5) is 0 Å². The summed E-state index contributed by atoms with van der Waals surface area (Å²) in [6.07, 6.45) is -0.214. The van der Waals surface area contributed by atoms with Crippen LogP contribution < -0.4 is 0 Å². The van der Waals surface area contributed by atoms with E-state index >= 15 is 0 Å². The lowest BCUT2D eigenvalue weighted by Gasteiger charge is -2.14. The van der Waals surface area contributed by atoms with Crippen molar-refractivity contribution in [2.45, 2.75) is 25.7 Å². The van der Waals surface area contributed by atoms with Crippen molar-refractivity contribution in [1.82, 2.24) is 0 Å². The molecule has 0 aromatic rings. The third-order valence-corrected chi connectivity index (χ3v) is 1.67. The predicted octanol–water partition coefficient (Wildman–Crippen LogP) is 0.147. The first-order valence-corrected chi connectivity index (χ1v) is 4.32.